The van der Waals surface area contributed by atoms with Gasteiger partial charge in [-0.2, -0.15) is 0 Å². The third kappa shape index (κ3) is 3.43. The average molecular weight is 328 g/mol. The lowest BCUT2D eigenvalue weighted by molar-refractivity contribution is -0.116. The Balaban J connectivity index is 2.57. The summed E-state index contributed by atoms with van der Waals surface area (Å²) in [5.74, 6) is 0.629. The summed E-state index contributed by atoms with van der Waals surface area (Å²) < 4.78 is 0. The Bertz CT molecular complexity index is 640. The van der Waals surface area contributed by atoms with Crippen molar-refractivity contribution in [3.05, 3.63) is 40.1 Å². The van der Waals surface area contributed by atoms with E-state index < -0.39 is 0 Å². The molecule has 2 nitrogen and oxygen atoms in total. The minimum absolute atomic E-state index is 0.0730. The van der Waals surface area contributed by atoms with Crippen molar-refractivity contribution in [3.63, 3.8) is 0 Å². The minimum atomic E-state index is 0.0730. The molecule has 1 aromatic carbocycles. The molecule has 1 N–H and O–H groups in total. The molecule has 0 saturated carbocycles. The van der Waals surface area contributed by atoms with Crippen LogP contribution in [0.2, 0.25) is 0 Å². The fourth-order valence-corrected chi connectivity index (χ4v) is 3.84. The van der Waals surface area contributed by atoms with Crippen molar-refractivity contribution in [3.8, 4) is 0 Å². The van der Waals surface area contributed by atoms with Gasteiger partial charge in [0.15, 0.2) is 5.78 Å². The number of benzene rings is 1. The first-order chi connectivity index (χ1) is 11.2. The monoisotopic (exact) mass is 328 g/mol. The van der Waals surface area contributed by atoms with Crippen LogP contribution < -0.4 is 0 Å². The van der Waals surface area contributed by atoms with E-state index in [9.17, 15) is 9.90 Å². The van der Waals surface area contributed by atoms with E-state index in [0.29, 0.717) is 24.2 Å². The molecule has 0 amide bonds. The van der Waals surface area contributed by atoms with Crippen LogP contribution in [0, 0.1) is 18.3 Å². The molecule has 1 aliphatic rings. The Kier molecular flexibility index (Phi) is 5.57. The predicted octanol–water partition coefficient (Wildman–Crippen LogP) is 5.80. The number of hydrogen-bond acceptors (Lipinski definition) is 2. The number of hydrogen-bond donors (Lipinski definition) is 1. The second kappa shape index (κ2) is 7.13. The first-order valence-corrected chi connectivity index (χ1v) is 9.33. The zero-order chi connectivity index (χ0) is 18.1. The summed E-state index contributed by atoms with van der Waals surface area (Å²) >= 11 is 0. The quantitative estimate of drug-likeness (QED) is 0.741. The molecule has 2 heteroatoms. The SMILES string of the molecule is CCc1cc(C)cc(CC)c1C1=C(O)CC(C(C)(C)CC)CC1=O. The molecule has 0 spiro atoms. The smallest absolute Gasteiger partial charge is 0.167 e. The van der Waals surface area contributed by atoms with Gasteiger partial charge in [-0.3, -0.25) is 4.79 Å². The van der Waals surface area contributed by atoms with Gasteiger partial charge >= 0.3 is 0 Å². The van der Waals surface area contributed by atoms with E-state index in [1.54, 1.807) is 0 Å². The van der Waals surface area contributed by atoms with Gasteiger partial charge in [-0.25, -0.2) is 0 Å². The van der Waals surface area contributed by atoms with Crippen molar-refractivity contribution in [1.82, 2.24) is 0 Å². The van der Waals surface area contributed by atoms with Crippen molar-refractivity contribution < 1.29 is 9.90 Å². The molecule has 0 aliphatic heterocycles. The van der Waals surface area contributed by atoms with E-state index in [4.69, 9.17) is 0 Å². The molecular formula is C22H32O2. The summed E-state index contributed by atoms with van der Waals surface area (Å²) in [6.07, 6.45) is 3.91. The van der Waals surface area contributed by atoms with E-state index in [1.165, 1.54) is 16.7 Å². The number of rotatable bonds is 5. The van der Waals surface area contributed by atoms with Crippen molar-refractivity contribution >= 4 is 11.4 Å². The first kappa shape index (κ1) is 18.8. The highest BCUT2D eigenvalue weighted by Gasteiger charge is 2.37. The van der Waals surface area contributed by atoms with Gasteiger partial charge in [0, 0.05) is 12.8 Å². The normalized spacial score (nSPS) is 19.1. The lowest BCUT2D eigenvalue weighted by Crippen LogP contribution is -2.30. The van der Waals surface area contributed by atoms with Crippen molar-refractivity contribution in [1.29, 1.82) is 0 Å². The third-order valence-electron chi connectivity index (χ3n) is 5.91. The highest BCUT2D eigenvalue weighted by Crippen LogP contribution is 2.44. The molecule has 24 heavy (non-hydrogen) atoms. The number of aliphatic hydroxyl groups is 1. The lowest BCUT2D eigenvalue weighted by Gasteiger charge is -2.36. The van der Waals surface area contributed by atoms with E-state index in [1.807, 2.05) is 0 Å². The highest BCUT2D eigenvalue weighted by atomic mass is 16.3. The maximum Gasteiger partial charge on any atom is 0.167 e. The summed E-state index contributed by atoms with van der Waals surface area (Å²) in [6.45, 7) is 12.9. The number of carbonyl (C=O) groups is 1. The van der Waals surface area contributed by atoms with Gasteiger partial charge in [0.25, 0.3) is 0 Å². The Morgan fingerprint density at radius 2 is 1.62 bits per heavy atom. The van der Waals surface area contributed by atoms with E-state index in [2.05, 4.69) is 53.7 Å². The first-order valence-electron chi connectivity index (χ1n) is 9.33. The molecule has 0 radical (unpaired) electrons. The number of aryl methyl sites for hydroxylation is 3. The molecule has 1 aromatic rings. The maximum absolute atomic E-state index is 13.0. The minimum Gasteiger partial charge on any atom is -0.512 e. The van der Waals surface area contributed by atoms with Crippen LogP contribution >= 0.6 is 0 Å². The molecule has 1 atom stereocenters. The summed E-state index contributed by atoms with van der Waals surface area (Å²) in [5.41, 5.74) is 5.24. The molecule has 2 rings (SSSR count). The molecule has 1 unspecified atom stereocenters. The van der Waals surface area contributed by atoms with Gasteiger partial charge in [-0.1, -0.05) is 58.7 Å². The number of aliphatic hydroxyl groups excluding tert-OH is 1. The zero-order valence-electron chi connectivity index (χ0n) is 16.1. The summed E-state index contributed by atoms with van der Waals surface area (Å²) in [6, 6.07) is 4.31. The van der Waals surface area contributed by atoms with Gasteiger partial charge in [0.05, 0.1) is 5.57 Å². The Labute approximate surface area is 147 Å². The van der Waals surface area contributed by atoms with Gasteiger partial charge in [0.1, 0.15) is 5.76 Å². The van der Waals surface area contributed by atoms with Crippen molar-refractivity contribution in [2.24, 2.45) is 11.3 Å². The largest absolute Gasteiger partial charge is 0.512 e. The van der Waals surface area contributed by atoms with E-state index in [0.717, 1.165) is 24.8 Å². The number of carbonyl (C=O) groups excluding carboxylic acids is 1. The van der Waals surface area contributed by atoms with Crippen LogP contribution in [-0.2, 0) is 17.6 Å². The number of Topliss-reactive ketones (excluding diaryl/α,β-unsaturated/α-hetero) is 1. The standard InChI is InChI=1S/C22H32O2/c1-7-15-10-14(4)11-16(8-2)20(15)21-18(23)12-17(13-19(21)24)22(5,6)9-3/h10-11,17,23H,7-9,12-13H2,1-6H3. The van der Waals surface area contributed by atoms with Gasteiger partial charge < -0.3 is 5.11 Å². The fraction of sp³-hybridized carbons (Fsp3) is 0.591. The van der Waals surface area contributed by atoms with Crippen LogP contribution in [0.25, 0.3) is 5.57 Å². The van der Waals surface area contributed by atoms with Gasteiger partial charge in [-0.05, 0) is 47.8 Å². The van der Waals surface area contributed by atoms with Crippen LogP contribution in [-0.4, -0.2) is 10.9 Å². The van der Waals surface area contributed by atoms with Gasteiger partial charge in [-0.15, -0.1) is 0 Å². The van der Waals surface area contributed by atoms with Crippen molar-refractivity contribution in [2.45, 2.75) is 73.6 Å². The Hall–Kier alpha value is -1.57. The molecule has 0 bridgehead atoms. The molecule has 0 aromatic heterocycles. The van der Waals surface area contributed by atoms with E-state index >= 15 is 0 Å². The lowest BCUT2D eigenvalue weighted by atomic mass is 9.68. The Morgan fingerprint density at radius 1 is 1.08 bits per heavy atom. The third-order valence-corrected chi connectivity index (χ3v) is 5.91. The molecule has 0 saturated heterocycles. The second-order valence-corrected chi connectivity index (χ2v) is 7.86. The molecule has 132 valence electrons. The van der Waals surface area contributed by atoms with Crippen molar-refractivity contribution in [2.75, 3.05) is 0 Å². The fourth-order valence-electron chi connectivity index (χ4n) is 3.84. The second-order valence-electron chi connectivity index (χ2n) is 7.86. The summed E-state index contributed by atoms with van der Waals surface area (Å²) in [5, 5.41) is 10.8. The molecule has 0 heterocycles. The van der Waals surface area contributed by atoms with Crippen LogP contribution in [0.3, 0.4) is 0 Å². The topological polar surface area (TPSA) is 37.3 Å². The van der Waals surface area contributed by atoms with E-state index in [-0.39, 0.29) is 17.1 Å². The summed E-state index contributed by atoms with van der Waals surface area (Å²) in [7, 11) is 0. The highest BCUT2D eigenvalue weighted by molar-refractivity contribution is 6.22. The van der Waals surface area contributed by atoms with Crippen LogP contribution in [0.1, 0.15) is 76.1 Å². The maximum atomic E-state index is 13.0. The van der Waals surface area contributed by atoms with Crippen LogP contribution in [0.4, 0.5) is 0 Å². The predicted molar refractivity (Wildman–Crippen MR) is 101 cm³/mol. The van der Waals surface area contributed by atoms with Crippen LogP contribution in [0.5, 0.6) is 0 Å². The zero-order valence-corrected chi connectivity index (χ0v) is 16.1. The average Bonchev–Trinajstić information content (AvgIpc) is 2.54. The molecule has 0 fully saturated rings. The van der Waals surface area contributed by atoms with Crippen LogP contribution in [0.15, 0.2) is 17.9 Å². The van der Waals surface area contributed by atoms with Gasteiger partial charge in [0.2, 0.25) is 0 Å². The Morgan fingerprint density at radius 3 is 2.04 bits per heavy atom. The summed E-state index contributed by atoms with van der Waals surface area (Å²) in [4.78, 5) is 13.0. The number of allylic oxidation sites excluding steroid dienone is 2. The number of ketones is 1. The molecular weight excluding hydrogens is 296 g/mol. The molecule has 1 aliphatic carbocycles.